The highest BCUT2D eigenvalue weighted by atomic mass is 32.2. The van der Waals surface area contributed by atoms with Crippen LogP contribution in [0.25, 0.3) is 5.69 Å². The molecule has 0 aliphatic carbocycles. The van der Waals surface area contributed by atoms with Crippen molar-refractivity contribution in [1.82, 2.24) is 14.8 Å². The molecule has 1 aliphatic rings. The number of nitro groups is 1. The topological polar surface area (TPSA) is 102 Å². The molecule has 172 valence electrons. The van der Waals surface area contributed by atoms with Gasteiger partial charge in [0.25, 0.3) is 0 Å². The van der Waals surface area contributed by atoms with Gasteiger partial charge in [-0.15, -0.1) is 10.2 Å². The van der Waals surface area contributed by atoms with Crippen molar-refractivity contribution in [3.8, 4) is 22.9 Å². The summed E-state index contributed by atoms with van der Waals surface area (Å²) in [5.74, 6) is 2.65. The molecule has 0 amide bonds. The fraction of sp³-hybridized carbons (Fsp3) is 0.167. The van der Waals surface area contributed by atoms with Crippen LogP contribution in [-0.2, 0) is 5.75 Å². The van der Waals surface area contributed by atoms with Gasteiger partial charge >= 0.3 is 5.69 Å². The number of hydrogen-bond donors (Lipinski definition) is 0. The van der Waals surface area contributed by atoms with Crippen LogP contribution in [0.5, 0.6) is 17.2 Å². The summed E-state index contributed by atoms with van der Waals surface area (Å²) in [6.07, 6.45) is -0.445. The summed E-state index contributed by atoms with van der Waals surface area (Å²) in [6, 6.07) is 22.2. The van der Waals surface area contributed by atoms with Crippen molar-refractivity contribution in [2.24, 2.45) is 0 Å². The van der Waals surface area contributed by atoms with Crippen molar-refractivity contribution in [2.45, 2.75) is 17.0 Å². The summed E-state index contributed by atoms with van der Waals surface area (Å²) in [4.78, 5) is 10.9. The number of nitrogens with zero attached hydrogens (tertiary/aromatic N) is 4. The van der Waals surface area contributed by atoms with Crippen LogP contribution in [0.1, 0.15) is 17.5 Å². The molecular formula is C24H20N4O5S. The summed E-state index contributed by atoms with van der Waals surface area (Å²) in [7, 11) is 1.41. The number of hydrogen-bond acceptors (Lipinski definition) is 8. The molecule has 1 aliphatic heterocycles. The molecule has 0 bridgehead atoms. The van der Waals surface area contributed by atoms with Gasteiger partial charge in [0.15, 0.2) is 34.3 Å². The van der Waals surface area contributed by atoms with E-state index in [2.05, 4.69) is 10.2 Å². The minimum Gasteiger partial charge on any atom is -0.490 e. The number of ether oxygens (including phenoxy) is 3. The first-order valence-electron chi connectivity index (χ1n) is 10.5. The second-order valence-electron chi connectivity index (χ2n) is 7.43. The molecule has 0 spiro atoms. The minimum absolute atomic E-state index is 0.0720. The van der Waals surface area contributed by atoms with Gasteiger partial charge in [0, 0.05) is 17.5 Å². The Bertz CT molecular complexity index is 1330. The van der Waals surface area contributed by atoms with Crippen molar-refractivity contribution in [2.75, 3.05) is 13.7 Å². The average molecular weight is 477 g/mol. The van der Waals surface area contributed by atoms with E-state index in [1.165, 1.54) is 24.9 Å². The second-order valence-corrected chi connectivity index (χ2v) is 8.37. The van der Waals surface area contributed by atoms with Crippen LogP contribution in [0.4, 0.5) is 5.69 Å². The molecule has 10 heteroatoms. The van der Waals surface area contributed by atoms with E-state index < -0.39 is 11.0 Å². The zero-order chi connectivity index (χ0) is 23.5. The first-order valence-corrected chi connectivity index (χ1v) is 11.5. The fourth-order valence-corrected chi connectivity index (χ4v) is 4.57. The molecule has 0 N–H and O–H groups in total. The molecule has 0 fully saturated rings. The number of aromatic nitrogens is 3. The van der Waals surface area contributed by atoms with Gasteiger partial charge in [-0.1, -0.05) is 48.2 Å². The maximum atomic E-state index is 11.4. The standard InChI is InChI=1S/C24H20N4O5S/c1-31-19-12-11-16(13-18(19)28(29)30)15-34-24-26-25-23(27(24)17-7-3-2-4-8-17)22-14-32-20-9-5-6-10-21(20)33-22/h2-13,22H,14-15H2,1H3/t22-/m0/s1. The molecule has 1 aromatic heterocycles. The average Bonchev–Trinajstić information content (AvgIpc) is 3.31. The van der Waals surface area contributed by atoms with Crippen molar-refractivity contribution in [3.63, 3.8) is 0 Å². The molecular weight excluding hydrogens is 456 g/mol. The number of thioether (sulfide) groups is 1. The number of methoxy groups -OCH3 is 1. The molecule has 2 heterocycles. The summed E-state index contributed by atoms with van der Waals surface area (Å²) in [6.45, 7) is 0.303. The quantitative estimate of drug-likeness (QED) is 0.209. The zero-order valence-corrected chi connectivity index (χ0v) is 19.0. The molecule has 0 saturated heterocycles. The van der Waals surface area contributed by atoms with E-state index in [0.717, 1.165) is 11.3 Å². The predicted molar refractivity (Wildman–Crippen MR) is 126 cm³/mol. The van der Waals surface area contributed by atoms with Crippen LogP contribution in [0.2, 0.25) is 0 Å². The van der Waals surface area contributed by atoms with Gasteiger partial charge in [-0.2, -0.15) is 0 Å². The van der Waals surface area contributed by atoms with Gasteiger partial charge in [0.05, 0.1) is 12.0 Å². The Balaban J connectivity index is 1.45. The maximum absolute atomic E-state index is 11.4. The SMILES string of the molecule is COc1ccc(CSc2nnc([C@@H]3COc4ccccc4O3)n2-c2ccccc2)cc1[N+](=O)[O-]. The van der Waals surface area contributed by atoms with E-state index >= 15 is 0 Å². The van der Waals surface area contributed by atoms with Crippen molar-refractivity contribution in [3.05, 3.63) is 94.3 Å². The Kier molecular flexibility index (Phi) is 6.05. The largest absolute Gasteiger partial charge is 0.490 e. The lowest BCUT2D eigenvalue weighted by atomic mass is 10.2. The lowest BCUT2D eigenvalue weighted by Crippen LogP contribution is -2.24. The van der Waals surface area contributed by atoms with E-state index in [1.54, 1.807) is 12.1 Å². The van der Waals surface area contributed by atoms with Gasteiger partial charge in [-0.05, 0) is 35.9 Å². The Morgan fingerprint density at radius 3 is 2.62 bits per heavy atom. The number of rotatable bonds is 7. The van der Waals surface area contributed by atoms with Gasteiger partial charge in [-0.3, -0.25) is 14.7 Å². The predicted octanol–water partition coefficient (Wildman–Crippen LogP) is 4.99. The van der Waals surface area contributed by atoms with Gasteiger partial charge in [-0.25, -0.2) is 0 Å². The zero-order valence-electron chi connectivity index (χ0n) is 18.2. The Morgan fingerprint density at radius 1 is 1.09 bits per heavy atom. The summed E-state index contributed by atoms with van der Waals surface area (Å²) < 4.78 is 19.1. The van der Waals surface area contributed by atoms with Gasteiger partial charge in [0.1, 0.15) is 6.61 Å². The monoisotopic (exact) mass is 476 g/mol. The maximum Gasteiger partial charge on any atom is 0.311 e. The number of benzene rings is 3. The van der Waals surface area contributed by atoms with E-state index in [9.17, 15) is 10.1 Å². The number of para-hydroxylation sites is 3. The molecule has 0 unspecified atom stereocenters. The molecule has 3 aromatic carbocycles. The lowest BCUT2D eigenvalue weighted by molar-refractivity contribution is -0.385. The molecule has 4 aromatic rings. The highest BCUT2D eigenvalue weighted by Gasteiger charge is 2.29. The highest BCUT2D eigenvalue weighted by Crippen LogP contribution is 2.37. The van der Waals surface area contributed by atoms with Crippen LogP contribution in [0, 0.1) is 10.1 Å². The van der Waals surface area contributed by atoms with E-state index in [0.29, 0.717) is 34.8 Å². The molecule has 34 heavy (non-hydrogen) atoms. The highest BCUT2D eigenvalue weighted by molar-refractivity contribution is 7.98. The number of fused-ring (bicyclic) bond motifs is 1. The smallest absolute Gasteiger partial charge is 0.311 e. The van der Waals surface area contributed by atoms with E-state index in [-0.39, 0.29) is 11.4 Å². The Hall–Kier alpha value is -4.05. The van der Waals surface area contributed by atoms with Crippen LogP contribution < -0.4 is 14.2 Å². The lowest BCUT2D eigenvalue weighted by Gasteiger charge is -2.26. The van der Waals surface area contributed by atoms with Crippen LogP contribution in [-0.4, -0.2) is 33.4 Å². The van der Waals surface area contributed by atoms with Crippen molar-refractivity contribution in [1.29, 1.82) is 0 Å². The summed E-state index contributed by atoms with van der Waals surface area (Å²) >= 11 is 1.43. The third-order valence-corrected chi connectivity index (χ3v) is 6.28. The molecule has 9 nitrogen and oxygen atoms in total. The van der Waals surface area contributed by atoms with E-state index in [1.807, 2.05) is 59.2 Å². The third kappa shape index (κ3) is 4.27. The molecule has 1 atom stereocenters. The molecule has 5 rings (SSSR count). The van der Waals surface area contributed by atoms with Crippen molar-refractivity contribution < 1.29 is 19.1 Å². The molecule has 0 radical (unpaired) electrons. The van der Waals surface area contributed by atoms with Gasteiger partial charge < -0.3 is 14.2 Å². The van der Waals surface area contributed by atoms with Gasteiger partial charge in [0.2, 0.25) is 0 Å². The first-order chi connectivity index (χ1) is 16.6. The van der Waals surface area contributed by atoms with Crippen LogP contribution in [0.3, 0.4) is 0 Å². The fourth-order valence-electron chi connectivity index (χ4n) is 3.67. The Labute approximate surface area is 199 Å². The summed E-state index contributed by atoms with van der Waals surface area (Å²) in [5, 5.41) is 20.9. The first kappa shape index (κ1) is 21.8. The second kappa shape index (κ2) is 9.44. The third-order valence-electron chi connectivity index (χ3n) is 5.28. The van der Waals surface area contributed by atoms with E-state index in [4.69, 9.17) is 14.2 Å². The van der Waals surface area contributed by atoms with Crippen LogP contribution in [0.15, 0.2) is 78.0 Å². The normalized spacial score (nSPS) is 14.6. The Morgan fingerprint density at radius 2 is 1.85 bits per heavy atom. The van der Waals surface area contributed by atoms with Crippen molar-refractivity contribution >= 4 is 17.4 Å². The number of nitro benzene ring substituents is 1. The minimum atomic E-state index is -0.449. The molecule has 0 saturated carbocycles. The summed E-state index contributed by atoms with van der Waals surface area (Å²) in [5.41, 5.74) is 1.58. The van der Waals surface area contributed by atoms with Crippen LogP contribution >= 0.6 is 11.8 Å².